The molecular formula is C20H22N2O2. The second-order valence-corrected chi connectivity index (χ2v) is 5.54. The Bertz CT molecular complexity index is 696. The molecule has 1 heterocycles. The van der Waals surface area contributed by atoms with Gasteiger partial charge in [0.15, 0.2) is 6.29 Å². The summed E-state index contributed by atoms with van der Waals surface area (Å²) in [4.78, 5) is 22.4. The Labute approximate surface area is 142 Å². The molecule has 2 aromatic rings. The van der Waals surface area contributed by atoms with Crippen molar-refractivity contribution in [1.29, 1.82) is 0 Å². The average molecular weight is 322 g/mol. The van der Waals surface area contributed by atoms with Gasteiger partial charge in [-0.25, -0.2) is 0 Å². The van der Waals surface area contributed by atoms with E-state index >= 15 is 0 Å². The van der Waals surface area contributed by atoms with Gasteiger partial charge in [0.05, 0.1) is 5.92 Å². The number of hydrogen-bond donors (Lipinski definition) is 2. The average Bonchev–Trinajstić information content (AvgIpc) is 3.07. The normalized spacial score (nSPS) is 21.0. The summed E-state index contributed by atoms with van der Waals surface area (Å²) in [6, 6.07) is 19.2. The van der Waals surface area contributed by atoms with Crippen LogP contribution in [-0.4, -0.2) is 18.6 Å². The van der Waals surface area contributed by atoms with E-state index in [2.05, 4.69) is 5.32 Å². The van der Waals surface area contributed by atoms with Crippen LogP contribution in [0.3, 0.4) is 0 Å². The summed E-state index contributed by atoms with van der Waals surface area (Å²) >= 11 is 0. The van der Waals surface area contributed by atoms with E-state index in [0.717, 1.165) is 16.8 Å². The van der Waals surface area contributed by atoms with Crippen LogP contribution in [-0.2, 0) is 9.59 Å². The molecule has 0 aromatic heterocycles. The van der Waals surface area contributed by atoms with Gasteiger partial charge in [0.25, 0.3) is 0 Å². The lowest BCUT2D eigenvalue weighted by molar-refractivity contribution is -0.132. The molecule has 124 valence electrons. The molecule has 0 saturated carbocycles. The number of rotatable bonds is 3. The molecule has 2 atom stereocenters. The zero-order valence-electron chi connectivity index (χ0n) is 13.7. The number of carbonyl (C=O) groups excluding carboxylic acids is 2. The number of benzene rings is 2. The molecule has 0 aliphatic carbocycles. The Morgan fingerprint density at radius 3 is 2.12 bits per heavy atom. The molecule has 0 radical (unpaired) electrons. The molecule has 1 aliphatic rings. The van der Waals surface area contributed by atoms with Gasteiger partial charge in [-0.2, -0.15) is 0 Å². The van der Waals surface area contributed by atoms with Gasteiger partial charge < -0.3 is 11.1 Å². The van der Waals surface area contributed by atoms with E-state index in [9.17, 15) is 9.59 Å². The molecule has 0 spiro atoms. The van der Waals surface area contributed by atoms with Crippen molar-refractivity contribution in [2.24, 2.45) is 5.92 Å². The van der Waals surface area contributed by atoms with Crippen LogP contribution in [0.15, 0.2) is 72.3 Å². The van der Waals surface area contributed by atoms with Gasteiger partial charge >= 0.3 is 0 Å². The van der Waals surface area contributed by atoms with Crippen molar-refractivity contribution in [3.63, 3.8) is 0 Å². The Morgan fingerprint density at radius 1 is 1.08 bits per heavy atom. The summed E-state index contributed by atoms with van der Waals surface area (Å²) in [5, 5.41) is 3.29. The molecule has 2 aromatic carbocycles. The predicted octanol–water partition coefficient (Wildman–Crippen LogP) is 2.93. The summed E-state index contributed by atoms with van der Waals surface area (Å²) in [5.74, 6) is -0.697. The van der Waals surface area contributed by atoms with E-state index in [1.54, 1.807) is 0 Å². The second-order valence-electron chi connectivity index (χ2n) is 5.54. The SMILES string of the molecule is CC=C1CNC(c2ccccc2)C1C(=O)C=O.Nc1ccccc1. The molecule has 0 bridgehead atoms. The number of nitrogens with one attached hydrogen (secondary N) is 1. The molecule has 24 heavy (non-hydrogen) atoms. The first-order chi connectivity index (χ1) is 11.7. The highest BCUT2D eigenvalue weighted by Gasteiger charge is 2.36. The predicted molar refractivity (Wildman–Crippen MR) is 96.4 cm³/mol. The smallest absolute Gasteiger partial charge is 0.204 e. The molecule has 1 aliphatic heterocycles. The van der Waals surface area contributed by atoms with E-state index < -0.39 is 0 Å². The molecular weight excluding hydrogens is 300 g/mol. The third-order valence-corrected chi connectivity index (χ3v) is 4.01. The van der Waals surface area contributed by atoms with E-state index in [-0.39, 0.29) is 17.7 Å². The second kappa shape index (κ2) is 8.79. The van der Waals surface area contributed by atoms with Gasteiger partial charge in [-0.1, -0.05) is 54.6 Å². The highest BCUT2D eigenvalue weighted by atomic mass is 16.2. The highest BCUT2D eigenvalue weighted by Crippen LogP contribution is 2.33. The Morgan fingerprint density at radius 2 is 1.67 bits per heavy atom. The van der Waals surface area contributed by atoms with Gasteiger partial charge in [-0.15, -0.1) is 0 Å². The highest BCUT2D eigenvalue weighted by molar-refractivity contribution is 6.27. The number of nitrogen functional groups attached to an aromatic ring is 1. The number of carbonyl (C=O) groups is 2. The number of Topliss-reactive ketones (excluding diaryl/α,β-unsaturated/α-hetero) is 1. The lowest BCUT2D eigenvalue weighted by Gasteiger charge is -2.17. The van der Waals surface area contributed by atoms with Crippen LogP contribution >= 0.6 is 0 Å². The maximum absolute atomic E-state index is 11.7. The zero-order valence-corrected chi connectivity index (χ0v) is 13.7. The third-order valence-electron chi connectivity index (χ3n) is 4.01. The summed E-state index contributed by atoms with van der Waals surface area (Å²) in [6.07, 6.45) is 2.35. The number of para-hydroxylation sites is 1. The Hall–Kier alpha value is -2.72. The van der Waals surface area contributed by atoms with Crippen LogP contribution in [0.2, 0.25) is 0 Å². The fourth-order valence-electron chi connectivity index (χ4n) is 2.80. The van der Waals surface area contributed by atoms with Crippen molar-refractivity contribution >= 4 is 17.8 Å². The fourth-order valence-corrected chi connectivity index (χ4v) is 2.80. The van der Waals surface area contributed by atoms with Crippen LogP contribution in [0.4, 0.5) is 5.69 Å². The maximum atomic E-state index is 11.7. The van der Waals surface area contributed by atoms with Crippen LogP contribution in [0, 0.1) is 5.92 Å². The summed E-state index contributed by atoms with van der Waals surface area (Å²) in [6.45, 7) is 2.57. The fraction of sp³-hybridized carbons (Fsp3) is 0.200. The minimum absolute atomic E-state index is 0.0832. The number of anilines is 1. The Kier molecular flexibility index (Phi) is 6.46. The first kappa shape index (κ1) is 17.6. The van der Waals surface area contributed by atoms with Crippen molar-refractivity contribution < 1.29 is 9.59 Å². The number of aldehydes is 1. The summed E-state index contributed by atoms with van der Waals surface area (Å²) in [7, 11) is 0. The lowest BCUT2D eigenvalue weighted by atomic mass is 9.88. The monoisotopic (exact) mass is 322 g/mol. The molecule has 2 unspecified atom stereocenters. The van der Waals surface area contributed by atoms with Gasteiger partial charge in [0, 0.05) is 18.3 Å². The lowest BCUT2D eigenvalue weighted by Crippen LogP contribution is -2.24. The van der Waals surface area contributed by atoms with Crippen LogP contribution in [0.1, 0.15) is 18.5 Å². The Balaban J connectivity index is 0.000000249. The number of hydrogen-bond acceptors (Lipinski definition) is 4. The number of ketones is 1. The molecule has 3 N–H and O–H groups in total. The summed E-state index contributed by atoms with van der Waals surface area (Å²) < 4.78 is 0. The minimum Gasteiger partial charge on any atom is -0.399 e. The van der Waals surface area contributed by atoms with E-state index in [1.807, 2.05) is 73.7 Å². The van der Waals surface area contributed by atoms with Crippen LogP contribution in [0.25, 0.3) is 0 Å². The summed E-state index contributed by atoms with van der Waals surface area (Å²) in [5.41, 5.74) is 8.22. The zero-order chi connectivity index (χ0) is 17.4. The minimum atomic E-state index is -0.350. The van der Waals surface area contributed by atoms with Crippen molar-refractivity contribution in [1.82, 2.24) is 5.32 Å². The first-order valence-electron chi connectivity index (χ1n) is 7.90. The molecule has 0 amide bonds. The number of allylic oxidation sites excluding steroid dienone is 1. The molecule has 3 rings (SSSR count). The van der Waals surface area contributed by atoms with Gasteiger partial charge in [-0.05, 0) is 30.2 Å². The van der Waals surface area contributed by atoms with Crippen LogP contribution in [0.5, 0.6) is 0 Å². The van der Waals surface area contributed by atoms with Crippen molar-refractivity contribution in [2.45, 2.75) is 13.0 Å². The molecule has 4 heteroatoms. The molecule has 1 saturated heterocycles. The van der Waals surface area contributed by atoms with Gasteiger partial charge in [0.2, 0.25) is 5.78 Å². The van der Waals surface area contributed by atoms with Gasteiger partial charge in [0.1, 0.15) is 0 Å². The van der Waals surface area contributed by atoms with Crippen molar-refractivity contribution in [3.8, 4) is 0 Å². The largest absolute Gasteiger partial charge is 0.399 e. The van der Waals surface area contributed by atoms with Gasteiger partial charge in [-0.3, -0.25) is 9.59 Å². The van der Waals surface area contributed by atoms with Crippen molar-refractivity contribution in [3.05, 3.63) is 77.9 Å². The quantitative estimate of drug-likeness (QED) is 0.394. The van der Waals surface area contributed by atoms with E-state index in [0.29, 0.717) is 12.8 Å². The van der Waals surface area contributed by atoms with Crippen LogP contribution < -0.4 is 11.1 Å². The maximum Gasteiger partial charge on any atom is 0.204 e. The van der Waals surface area contributed by atoms with E-state index in [1.165, 1.54) is 0 Å². The van der Waals surface area contributed by atoms with E-state index in [4.69, 9.17) is 5.73 Å². The standard InChI is InChI=1S/C14H15NO2.C6H7N/c1-2-10-8-15-14(13(10)12(17)9-16)11-6-4-3-5-7-11;7-6-4-2-1-3-5-6/h2-7,9,13-15H,8H2,1H3;1-5H,7H2. The molecule has 1 fully saturated rings. The third kappa shape index (κ3) is 4.40. The first-order valence-corrected chi connectivity index (χ1v) is 7.90. The van der Waals surface area contributed by atoms with Crippen molar-refractivity contribution in [2.75, 3.05) is 12.3 Å². The molecule has 4 nitrogen and oxygen atoms in total. The topological polar surface area (TPSA) is 72.2 Å². The number of nitrogens with two attached hydrogens (primary N) is 1.